The number of carbonyl (C=O) groups excluding carboxylic acids is 1. The molecule has 0 bridgehead atoms. The van der Waals surface area contributed by atoms with Gasteiger partial charge in [0.15, 0.2) is 5.84 Å². The molecule has 0 fully saturated rings. The first kappa shape index (κ1) is 17.1. The zero-order valence-corrected chi connectivity index (χ0v) is 13.3. The fraction of sp³-hybridized carbons (Fsp3) is 0.176. The van der Waals surface area contributed by atoms with Gasteiger partial charge >= 0.3 is 5.97 Å². The number of amidine groups is 1. The predicted octanol–water partition coefficient (Wildman–Crippen LogP) is 2.87. The van der Waals surface area contributed by atoms with Crippen LogP contribution in [0.3, 0.4) is 0 Å². The van der Waals surface area contributed by atoms with E-state index in [0.717, 1.165) is 5.56 Å². The molecule has 0 saturated heterocycles. The third kappa shape index (κ3) is 4.16. The maximum absolute atomic E-state index is 12.0. The molecule has 0 aliphatic rings. The van der Waals surface area contributed by atoms with Gasteiger partial charge < -0.3 is 10.6 Å². The molecule has 2 rings (SSSR count). The van der Waals surface area contributed by atoms with Gasteiger partial charge in [0, 0.05) is 17.7 Å². The van der Waals surface area contributed by atoms with E-state index in [9.17, 15) is 14.9 Å². The smallest absolute Gasteiger partial charge is 0.342 e. The highest BCUT2D eigenvalue weighted by Crippen LogP contribution is 2.20. The van der Waals surface area contributed by atoms with E-state index >= 15 is 0 Å². The number of hydrogen-bond acceptors (Lipinski definition) is 5. The predicted molar refractivity (Wildman–Crippen MR) is 89.5 cm³/mol. The van der Waals surface area contributed by atoms with Crippen molar-refractivity contribution in [1.82, 2.24) is 0 Å². The molecule has 124 valence electrons. The molecule has 2 aromatic rings. The largest absolute Gasteiger partial charge is 0.380 e. The van der Waals surface area contributed by atoms with Crippen LogP contribution in [0.25, 0.3) is 0 Å². The molecule has 0 unspecified atom stereocenters. The standard InChI is InChI=1S/C17H17N3O4/c1-11-3-5-14(6-4-11)16(18)19-24-17(21)12(2)13-7-9-15(10-8-13)20(22)23/h3-10,12H,1-2H3,(H2,18,19)/t12-/m1/s1. The minimum Gasteiger partial charge on any atom is -0.380 e. The molecule has 0 aromatic heterocycles. The van der Waals surface area contributed by atoms with E-state index in [2.05, 4.69) is 5.16 Å². The van der Waals surface area contributed by atoms with Crippen LogP contribution in [0.15, 0.2) is 53.7 Å². The molecule has 0 aliphatic heterocycles. The second-order valence-corrected chi connectivity index (χ2v) is 5.32. The minimum atomic E-state index is -0.625. The summed E-state index contributed by atoms with van der Waals surface area (Å²) in [7, 11) is 0. The van der Waals surface area contributed by atoms with Crippen LogP contribution in [-0.4, -0.2) is 16.7 Å². The summed E-state index contributed by atoms with van der Waals surface area (Å²) in [4.78, 5) is 27.0. The molecular weight excluding hydrogens is 310 g/mol. The second-order valence-electron chi connectivity index (χ2n) is 5.32. The molecule has 7 nitrogen and oxygen atoms in total. The average Bonchev–Trinajstić information content (AvgIpc) is 2.59. The van der Waals surface area contributed by atoms with E-state index in [4.69, 9.17) is 10.6 Å². The van der Waals surface area contributed by atoms with Gasteiger partial charge in [0.1, 0.15) is 0 Å². The molecule has 0 spiro atoms. The summed E-state index contributed by atoms with van der Waals surface area (Å²) in [6, 6.07) is 13.0. The number of carbonyl (C=O) groups is 1. The van der Waals surface area contributed by atoms with Gasteiger partial charge in [0.25, 0.3) is 5.69 Å². The molecule has 0 aliphatic carbocycles. The molecule has 2 N–H and O–H groups in total. The third-order valence-corrected chi connectivity index (χ3v) is 3.54. The van der Waals surface area contributed by atoms with Crippen molar-refractivity contribution in [3.63, 3.8) is 0 Å². The Morgan fingerprint density at radius 3 is 2.29 bits per heavy atom. The Balaban J connectivity index is 2.04. The van der Waals surface area contributed by atoms with Gasteiger partial charge in [-0.3, -0.25) is 10.1 Å². The lowest BCUT2D eigenvalue weighted by molar-refractivity contribution is -0.384. The third-order valence-electron chi connectivity index (χ3n) is 3.54. The lowest BCUT2D eigenvalue weighted by Crippen LogP contribution is -2.17. The highest BCUT2D eigenvalue weighted by molar-refractivity contribution is 5.97. The Hall–Kier alpha value is -3.22. The summed E-state index contributed by atoms with van der Waals surface area (Å²) < 4.78 is 0. The monoisotopic (exact) mass is 327 g/mol. The number of hydrogen-bond donors (Lipinski definition) is 1. The number of nitrogens with zero attached hydrogens (tertiary/aromatic N) is 2. The Bertz CT molecular complexity index is 767. The van der Waals surface area contributed by atoms with Gasteiger partial charge in [-0.15, -0.1) is 0 Å². The number of non-ortho nitro benzene ring substituents is 1. The summed E-state index contributed by atoms with van der Waals surface area (Å²) >= 11 is 0. The van der Waals surface area contributed by atoms with Crippen LogP contribution < -0.4 is 5.73 Å². The molecular formula is C17H17N3O4. The van der Waals surface area contributed by atoms with Crippen molar-refractivity contribution in [3.05, 3.63) is 75.3 Å². The van der Waals surface area contributed by atoms with Crippen molar-refractivity contribution in [1.29, 1.82) is 0 Å². The zero-order chi connectivity index (χ0) is 17.7. The van der Waals surface area contributed by atoms with Crippen LogP contribution in [0.4, 0.5) is 5.69 Å². The first-order valence-electron chi connectivity index (χ1n) is 7.24. The average molecular weight is 327 g/mol. The number of aryl methyl sites for hydroxylation is 1. The second kappa shape index (κ2) is 7.36. The minimum absolute atomic E-state index is 0.0408. The molecule has 1 atom stereocenters. The van der Waals surface area contributed by atoms with E-state index in [0.29, 0.717) is 11.1 Å². The van der Waals surface area contributed by atoms with Gasteiger partial charge in [-0.1, -0.05) is 47.1 Å². The lowest BCUT2D eigenvalue weighted by atomic mass is 10.0. The van der Waals surface area contributed by atoms with Crippen molar-refractivity contribution >= 4 is 17.5 Å². The molecule has 24 heavy (non-hydrogen) atoms. The van der Waals surface area contributed by atoms with Crippen molar-refractivity contribution in [2.45, 2.75) is 19.8 Å². The van der Waals surface area contributed by atoms with Crippen molar-refractivity contribution < 1.29 is 14.6 Å². The Labute approximate surface area is 138 Å². The molecule has 7 heteroatoms. The molecule has 0 saturated carbocycles. The van der Waals surface area contributed by atoms with E-state index in [1.165, 1.54) is 24.3 Å². The Morgan fingerprint density at radius 2 is 1.75 bits per heavy atom. The summed E-state index contributed by atoms with van der Waals surface area (Å²) in [5.74, 6) is -1.13. The Morgan fingerprint density at radius 1 is 1.17 bits per heavy atom. The fourth-order valence-electron chi connectivity index (χ4n) is 1.97. The summed E-state index contributed by atoms with van der Waals surface area (Å²) in [6.07, 6.45) is 0. The molecule has 2 aromatic carbocycles. The van der Waals surface area contributed by atoms with E-state index in [-0.39, 0.29) is 11.5 Å². The van der Waals surface area contributed by atoms with E-state index in [1.807, 2.05) is 19.1 Å². The SMILES string of the molecule is Cc1ccc(/C(N)=N\OC(=O)[C@H](C)c2ccc([N+](=O)[O-])cc2)cc1. The van der Waals surface area contributed by atoms with Crippen molar-refractivity contribution in [3.8, 4) is 0 Å². The molecule has 0 amide bonds. The quantitative estimate of drug-likeness (QED) is 0.299. The maximum Gasteiger partial charge on any atom is 0.342 e. The van der Waals surface area contributed by atoms with Crippen LogP contribution in [-0.2, 0) is 9.63 Å². The normalized spacial score (nSPS) is 12.5. The van der Waals surface area contributed by atoms with Crippen LogP contribution >= 0.6 is 0 Å². The van der Waals surface area contributed by atoms with Crippen LogP contribution in [0.5, 0.6) is 0 Å². The van der Waals surface area contributed by atoms with E-state index in [1.54, 1.807) is 19.1 Å². The number of oxime groups is 1. The number of benzene rings is 2. The van der Waals surface area contributed by atoms with Crippen molar-refractivity contribution in [2.24, 2.45) is 10.9 Å². The van der Waals surface area contributed by atoms with Crippen molar-refractivity contribution in [2.75, 3.05) is 0 Å². The van der Waals surface area contributed by atoms with Crippen LogP contribution in [0.1, 0.15) is 29.5 Å². The summed E-state index contributed by atoms with van der Waals surface area (Å²) in [5.41, 5.74) is 8.06. The maximum atomic E-state index is 12.0. The zero-order valence-electron chi connectivity index (χ0n) is 13.3. The highest BCUT2D eigenvalue weighted by Gasteiger charge is 2.18. The van der Waals surface area contributed by atoms with E-state index < -0.39 is 16.8 Å². The molecule has 0 radical (unpaired) electrons. The van der Waals surface area contributed by atoms with Gasteiger partial charge in [0.2, 0.25) is 0 Å². The van der Waals surface area contributed by atoms with Gasteiger partial charge in [-0.2, -0.15) is 0 Å². The first-order valence-corrected chi connectivity index (χ1v) is 7.24. The number of rotatable bonds is 5. The topological polar surface area (TPSA) is 108 Å². The van der Waals surface area contributed by atoms with Crippen LogP contribution in [0, 0.1) is 17.0 Å². The highest BCUT2D eigenvalue weighted by atomic mass is 16.7. The molecule has 0 heterocycles. The summed E-state index contributed by atoms with van der Waals surface area (Å²) in [6.45, 7) is 3.57. The van der Waals surface area contributed by atoms with Gasteiger partial charge in [-0.05, 0) is 19.4 Å². The fourth-order valence-corrected chi connectivity index (χ4v) is 1.97. The lowest BCUT2D eigenvalue weighted by Gasteiger charge is -2.08. The summed E-state index contributed by atoms with van der Waals surface area (Å²) in [5, 5.41) is 14.3. The number of nitrogens with two attached hydrogens (primary N) is 1. The van der Waals surface area contributed by atoms with Gasteiger partial charge in [-0.25, -0.2) is 4.79 Å². The number of nitro groups is 1. The number of nitro benzene ring substituents is 1. The van der Waals surface area contributed by atoms with Gasteiger partial charge in [0.05, 0.1) is 10.8 Å². The Kier molecular flexibility index (Phi) is 5.26. The first-order chi connectivity index (χ1) is 11.4. The van der Waals surface area contributed by atoms with Crippen LogP contribution in [0.2, 0.25) is 0 Å².